The van der Waals surface area contributed by atoms with Crippen molar-refractivity contribution in [3.05, 3.63) is 106 Å². The number of carbonyl (C=O) groups is 2. The number of para-hydroxylation sites is 1. The number of rotatable bonds is 10. The standard InChI is InChI=1S/C33H33ClF3N3O4/c1-21(2)43-31(42)28-22(3)38-32(33(35,36)37)40(29(28)24-10-8-11-25(34)20-24)19-9-18-39(4)30(41)23-14-16-27(17-15-23)44-26-12-6-5-7-13-26/h5-8,10-17,20-21,29H,9,18-19H2,1-4H3. The van der Waals surface area contributed by atoms with Crippen molar-refractivity contribution in [1.82, 2.24) is 9.80 Å². The molecule has 232 valence electrons. The molecule has 1 unspecified atom stereocenters. The van der Waals surface area contributed by atoms with Crippen LogP contribution in [0.25, 0.3) is 0 Å². The fraction of sp³-hybridized carbons (Fsp3) is 0.303. The summed E-state index contributed by atoms with van der Waals surface area (Å²) in [5, 5.41) is 0.304. The van der Waals surface area contributed by atoms with Crippen LogP contribution in [-0.2, 0) is 9.53 Å². The summed E-state index contributed by atoms with van der Waals surface area (Å²) in [6, 6.07) is 21.0. The van der Waals surface area contributed by atoms with E-state index >= 15 is 0 Å². The third-order valence-corrected chi connectivity index (χ3v) is 7.06. The van der Waals surface area contributed by atoms with Crippen LogP contribution in [0.1, 0.15) is 49.2 Å². The van der Waals surface area contributed by atoms with Gasteiger partial charge in [-0.15, -0.1) is 0 Å². The lowest BCUT2D eigenvalue weighted by Gasteiger charge is -2.39. The lowest BCUT2D eigenvalue weighted by atomic mass is 9.93. The number of amidine groups is 1. The van der Waals surface area contributed by atoms with Crippen LogP contribution < -0.4 is 4.74 Å². The first-order valence-electron chi connectivity index (χ1n) is 14.0. The third-order valence-electron chi connectivity index (χ3n) is 6.82. The van der Waals surface area contributed by atoms with Gasteiger partial charge < -0.3 is 19.3 Å². The number of ether oxygens (including phenoxy) is 2. The molecule has 1 amide bonds. The highest BCUT2D eigenvalue weighted by Gasteiger charge is 2.47. The number of hydrogen-bond acceptors (Lipinski definition) is 6. The van der Waals surface area contributed by atoms with Gasteiger partial charge in [-0.05, 0) is 81.3 Å². The average molecular weight is 628 g/mol. The molecule has 0 bridgehead atoms. The summed E-state index contributed by atoms with van der Waals surface area (Å²) in [6.45, 7) is 4.65. The van der Waals surface area contributed by atoms with Crippen molar-refractivity contribution in [3.8, 4) is 11.5 Å². The van der Waals surface area contributed by atoms with E-state index in [1.807, 2.05) is 30.3 Å². The summed E-state index contributed by atoms with van der Waals surface area (Å²) < 4.78 is 54.3. The molecule has 0 aliphatic carbocycles. The molecule has 1 aliphatic heterocycles. The molecule has 1 atom stereocenters. The third kappa shape index (κ3) is 7.99. The molecular weight excluding hydrogens is 595 g/mol. The van der Waals surface area contributed by atoms with Gasteiger partial charge in [-0.1, -0.05) is 41.9 Å². The van der Waals surface area contributed by atoms with Gasteiger partial charge in [0.2, 0.25) is 5.84 Å². The fourth-order valence-corrected chi connectivity index (χ4v) is 5.07. The van der Waals surface area contributed by atoms with E-state index in [4.69, 9.17) is 21.1 Å². The number of halogens is 4. The lowest BCUT2D eigenvalue weighted by molar-refractivity contribution is -0.143. The molecular formula is C33H33ClF3N3O4. The SMILES string of the molecule is CC1=C(C(=O)OC(C)C)C(c2cccc(Cl)c2)N(CCCN(C)C(=O)c2ccc(Oc3ccccc3)cc2)C(C(F)(F)F)=N1. The molecule has 0 fully saturated rings. The second-order valence-corrected chi connectivity index (χ2v) is 11.0. The Hall–Kier alpha value is -4.31. The summed E-state index contributed by atoms with van der Waals surface area (Å²) in [5.41, 5.74) is 0.691. The van der Waals surface area contributed by atoms with E-state index < -0.39 is 30.1 Å². The molecule has 0 N–H and O–H groups in total. The number of benzene rings is 3. The molecule has 1 heterocycles. The zero-order valence-corrected chi connectivity index (χ0v) is 25.5. The second kappa shape index (κ2) is 14.0. The summed E-state index contributed by atoms with van der Waals surface area (Å²) in [4.78, 5) is 32.6. The predicted octanol–water partition coefficient (Wildman–Crippen LogP) is 7.84. The van der Waals surface area contributed by atoms with Crippen LogP contribution in [0, 0.1) is 0 Å². The maximum absolute atomic E-state index is 14.4. The molecule has 7 nitrogen and oxygen atoms in total. The molecule has 0 saturated carbocycles. The molecule has 0 saturated heterocycles. The summed E-state index contributed by atoms with van der Waals surface area (Å²) >= 11 is 6.22. The van der Waals surface area contributed by atoms with Gasteiger partial charge in [0.25, 0.3) is 5.91 Å². The van der Waals surface area contributed by atoms with Crippen molar-refractivity contribution < 1.29 is 32.2 Å². The molecule has 0 radical (unpaired) electrons. The Balaban J connectivity index is 1.54. The van der Waals surface area contributed by atoms with Crippen LogP contribution >= 0.6 is 11.6 Å². The normalized spacial score (nSPS) is 15.2. The van der Waals surface area contributed by atoms with Gasteiger partial charge in [0, 0.05) is 30.7 Å². The van der Waals surface area contributed by atoms with Crippen molar-refractivity contribution in [3.63, 3.8) is 0 Å². The van der Waals surface area contributed by atoms with Crippen LogP contribution in [0.4, 0.5) is 13.2 Å². The van der Waals surface area contributed by atoms with Crippen LogP contribution in [0.5, 0.6) is 11.5 Å². The first-order chi connectivity index (χ1) is 20.8. The van der Waals surface area contributed by atoms with Gasteiger partial charge >= 0.3 is 12.1 Å². The van der Waals surface area contributed by atoms with Gasteiger partial charge in [-0.2, -0.15) is 13.2 Å². The highest BCUT2D eigenvalue weighted by molar-refractivity contribution is 6.30. The van der Waals surface area contributed by atoms with E-state index in [0.717, 1.165) is 4.90 Å². The molecule has 3 aromatic rings. The van der Waals surface area contributed by atoms with E-state index in [9.17, 15) is 22.8 Å². The maximum Gasteiger partial charge on any atom is 0.449 e. The maximum atomic E-state index is 14.4. The zero-order chi connectivity index (χ0) is 32.0. The van der Waals surface area contributed by atoms with Crippen LogP contribution in [0.2, 0.25) is 5.02 Å². The van der Waals surface area contributed by atoms with Crippen molar-refractivity contribution in [2.75, 3.05) is 20.1 Å². The second-order valence-electron chi connectivity index (χ2n) is 10.6. The Kier molecular flexibility index (Phi) is 10.4. The molecule has 0 spiro atoms. The number of allylic oxidation sites excluding steroid dienone is 1. The number of aliphatic imine (C=N–C) groups is 1. The fourth-order valence-electron chi connectivity index (χ4n) is 4.87. The van der Waals surface area contributed by atoms with Crippen molar-refractivity contribution in [2.24, 2.45) is 4.99 Å². The highest BCUT2D eigenvalue weighted by atomic mass is 35.5. The number of nitrogens with zero attached hydrogens (tertiary/aromatic N) is 3. The van der Waals surface area contributed by atoms with Gasteiger partial charge in [-0.25, -0.2) is 9.79 Å². The number of esters is 1. The number of alkyl halides is 3. The highest BCUT2D eigenvalue weighted by Crippen LogP contribution is 2.40. The minimum Gasteiger partial charge on any atom is -0.459 e. The molecule has 11 heteroatoms. The summed E-state index contributed by atoms with van der Waals surface area (Å²) in [6.07, 6.45) is -5.16. The molecule has 1 aliphatic rings. The van der Waals surface area contributed by atoms with Gasteiger partial charge in [0.05, 0.1) is 23.4 Å². The molecule has 4 rings (SSSR count). The van der Waals surface area contributed by atoms with Crippen LogP contribution in [0.3, 0.4) is 0 Å². The number of hydrogen-bond donors (Lipinski definition) is 0. The van der Waals surface area contributed by atoms with E-state index in [-0.39, 0.29) is 36.7 Å². The Morgan fingerprint density at radius 1 is 1.00 bits per heavy atom. The first-order valence-corrected chi connectivity index (χ1v) is 14.4. The molecule has 3 aromatic carbocycles. The van der Waals surface area contributed by atoms with Gasteiger partial charge in [0.15, 0.2) is 0 Å². The summed E-state index contributed by atoms with van der Waals surface area (Å²) in [5.74, 6) is -0.983. The van der Waals surface area contributed by atoms with Crippen molar-refractivity contribution >= 4 is 29.3 Å². The summed E-state index contributed by atoms with van der Waals surface area (Å²) in [7, 11) is 1.58. The topological polar surface area (TPSA) is 71.4 Å². The Labute approximate surface area is 259 Å². The van der Waals surface area contributed by atoms with E-state index in [0.29, 0.717) is 27.6 Å². The van der Waals surface area contributed by atoms with E-state index in [1.165, 1.54) is 17.9 Å². The van der Waals surface area contributed by atoms with Crippen LogP contribution in [-0.4, -0.2) is 59.9 Å². The first kappa shape index (κ1) is 32.6. The number of amides is 1. The lowest BCUT2D eigenvalue weighted by Crippen LogP contribution is -2.48. The largest absolute Gasteiger partial charge is 0.459 e. The average Bonchev–Trinajstić information content (AvgIpc) is 2.97. The van der Waals surface area contributed by atoms with E-state index in [2.05, 4.69) is 4.99 Å². The quantitative estimate of drug-likeness (QED) is 0.214. The Morgan fingerprint density at radius 2 is 1.66 bits per heavy atom. The van der Waals surface area contributed by atoms with Crippen molar-refractivity contribution in [2.45, 2.75) is 45.5 Å². The predicted molar refractivity (Wildman–Crippen MR) is 163 cm³/mol. The van der Waals surface area contributed by atoms with Gasteiger partial charge in [0.1, 0.15) is 11.5 Å². The minimum absolute atomic E-state index is 0.00351. The molecule has 0 aromatic heterocycles. The number of carbonyl (C=O) groups excluding carboxylic acids is 2. The zero-order valence-electron chi connectivity index (χ0n) is 24.8. The monoisotopic (exact) mass is 627 g/mol. The molecule has 44 heavy (non-hydrogen) atoms. The Bertz CT molecular complexity index is 1540. The van der Waals surface area contributed by atoms with Crippen LogP contribution in [0.15, 0.2) is 95.1 Å². The van der Waals surface area contributed by atoms with Gasteiger partial charge in [-0.3, -0.25) is 4.79 Å². The van der Waals surface area contributed by atoms with E-state index in [1.54, 1.807) is 63.4 Å². The Morgan fingerprint density at radius 3 is 2.27 bits per heavy atom. The van der Waals surface area contributed by atoms with Crippen molar-refractivity contribution in [1.29, 1.82) is 0 Å². The smallest absolute Gasteiger partial charge is 0.449 e. The minimum atomic E-state index is -4.81.